The number of methoxy groups -OCH3 is 1. The van der Waals surface area contributed by atoms with E-state index in [1.165, 1.54) is 5.56 Å². The van der Waals surface area contributed by atoms with Crippen LogP contribution in [0.2, 0.25) is 0 Å². The molecule has 1 rings (SSSR count). The Labute approximate surface area is 158 Å². The van der Waals surface area contributed by atoms with Crippen LogP contribution in [0.5, 0.6) is 0 Å². The zero-order valence-electron chi connectivity index (χ0n) is 16.8. The van der Waals surface area contributed by atoms with Crippen molar-refractivity contribution in [2.24, 2.45) is 4.99 Å². The van der Waals surface area contributed by atoms with E-state index in [1.807, 2.05) is 19.1 Å². The summed E-state index contributed by atoms with van der Waals surface area (Å²) in [5.74, 6) is 0.674. The second-order valence-corrected chi connectivity index (χ2v) is 7.14. The van der Waals surface area contributed by atoms with Crippen molar-refractivity contribution < 1.29 is 14.6 Å². The Balaban J connectivity index is 2.51. The van der Waals surface area contributed by atoms with Crippen molar-refractivity contribution in [2.45, 2.75) is 39.2 Å². The molecule has 0 aromatic heterocycles. The third-order valence-corrected chi connectivity index (χ3v) is 3.90. The molecule has 0 spiro atoms. The van der Waals surface area contributed by atoms with Crippen LogP contribution in [-0.4, -0.2) is 57.6 Å². The van der Waals surface area contributed by atoms with Gasteiger partial charge in [-0.05, 0) is 23.5 Å². The molecule has 0 radical (unpaired) electrons. The second-order valence-electron chi connectivity index (χ2n) is 7.14. The van der Waals surface area contributed by atoms with E-state index in [0.29, 0.717) is 38.9 Å². The van der Waals surface area contributed by atoms with Gasteiger partial charge in [-0.1, -0.05) is 45.0 Å². The average Bonchev–Trinajstić information content (AvgIpc) is 2.61. The van der Waals surface area contributed by atoms with E-state index in [1.54, 1.807) is 7.11 Å². The summed E-state index contributed by atoms with van der Waals surface area (Å²) in [4.78, 5) is 4.46. The topological polar surface area (TPSA) is 75.1 Å². The number of aliphatic hydroxyl groups excluding tert-OH is 1. The Bertz CT molecular complexity index is 524. The van der Waals surface area contributed by atoms with Gasteiger partial charge in [-0.15, -0.1) is 0 Å². The molecule has 1 unspecified atom stereocenters. The molecular formula is C20H35N3O3. The minimum absolute atomic E-state index is 0.106. The van der Waals surface area contributed by atoms with Gasteiger partial charge in [0, 0.05) is 20.2 Å². The maximum atomic E-state index is 10.4. The number of aliphatic hydroxyl groups is 1. The number of hydrogen-bond donors (Lipinski definition) is 3. The Morgan fingerprint density at radius 1 is 1.12 bits per heavy atom. The first kappa shape index (κ1) is 22.4. The Kier molecular flexibility index (Phi) is 10.2. The minimum atomic E-state index is -0.627. The lowest BCUT2D eigenvalue weighted by Crippen LogP contribution is -2.39. The van der Waals surface area contributed by atoms with E-state index in [2.05, 4.69) is 48.5 Å². The highest BCUT2D eigenvalue weighted by Crippen LogP contribution is 2.24. The Morgan fingerprint density at radius 3 is 2.38 bits per heavy atom. The molecule has 3 N–H and O–H groups in total. The lowest BCUT2D eigenvalue weighted by molar-refractivity contribution is 0.0733. The number of nitrogens with one attached hydrogen (secondary N) is 2. The summed E-state index contributed by atoms with van der Waals surface area (Å²) in [6.07, 6.45) is -0.627. The smallest absolute Gasteiger partial charge is 0.191 e. The molecule has 6 heteroatoms. The highest BCUT2D eigenvalue weighted by molar-refractivity contribution is 5.79. The third-order valence-electron chi connectivity index (χ3n) is 3.90. The van der Waals surface area contributed by atoms with Crippen LogP contribution in [0.15, 0.2) is 29.3 Å². The number of nitrogens with zero attached hydrogens (tertiary/aromatic N) is 1. The summed E-state index contributed by atoms with van der Waals surface area (Å²) >= 11 is 0. The van der Waals surface area contributed by atoms with Crippen molar-refractivity contribution in [1.29, 1.82) is 0 Å². The maximum Gasteiger partial charge on any atom is 0.191 e. The predicted molar refractivity (Wildman–Crippen MR) is 107 cm³/mol. The van der Waals surface area contributed by atoms with E-state index in [4.69, 9.17) is 9.47 Å². The molecule has 0 amide bonds. The van der Waals surface area contributed by atoms with Crippen LogP contribution >= 0.6 is 0 Å². The average molecular weight is 366 g/mol. The molecule has 0 saturated heterocycles. The molecule has 1 aromatic carbocycles. The number of aliphatic imine (C=N–C) groups is 1. The van der Waals surface area contributed by atoms with Crippen LogP contribution in [0, 0.1) is 0 Å². The predicted octanol–water partition coefficient (Wildman–Crippen LogP) is 2.24. The van der Waals surface area contributed by atoms with Gasteiger partial charge in [0.15, 0.2) is 5.96 Å². The number of hydrogen-bond acceptors (Lipinski definition) is 4. The van der Waals surface area contributed by atoms with E-state index in [9.17, 15) is 5.11 Å². The molecule has 0 bridgehead atoms. The maximum absolute atomic E-state index is 10.4. The lowest BCUT2D eigenvalue weighted by atomic mass is 9.86. The summed E-state index contributed by atoms with van der Waals surface area (Å²) in [7, 11) is 1.65. The first-order chi connectivity index (χ1) is 12.4. The first-order valence-corrected chi connectivity index (χ1v) is 9.25. The molecular weight excluding hydrogens is 330 g/mol. The van der Waals surface area contributed by atoms with Crippen LogP contribution in [0.1, 0.15) is 44.9 Å². The molecule has 0 fully saturated rings. The van der Waals surface area contributed by atoms with Gasteiger partial charge in [0.05, 0.1) is 32.5 Å². The molecule has 0 saturated carbocycles. The van der Waals surface area contributed by atoms with E-state index in [-0.39, 0.29) is 5.41 Å². The Morgan fingerprint density at radius 2 is 1.81 bits per heavy atom. The minimum Gasteiger partial charge on any atom is -0.386 e. The van der Waals surface area contributed by atoms with E-state index < -0.39 is 6.10 Å². The molecule has 0 heterocycles. The largest absolute Gasteiger partial charge is 0.386 e. The van der Waals surface area contributed by atoms with Gasteiger partial charge in [0.2, 0.25) is 0 Å². The van der Waals surface area contributed by atoms with Gasteiger partial charge in [-0.3, -0.25) is 4.99 Å². The molecule has 0 aliphatic heterocycles. The molecule has 0 aliphatic rings. The number of ether oxygens (including phenoxy) is 2. The van der Waals surface area contributed by atoms with Crippen molar-refractivity contribution in [2.75, 3.05) is 46.6 Å². The summed E-state index contributed by atoms with van der Waals surface area (Å²) in [6, 6.07) is 8.10. The number of rotatable bonds is 10. The summed E-state index contributed by atoms with van der Waals surface area (Å²) < 4.78 is 10.3. The first-order valence-electron chi connectivity index (χ1n) is 9.25. The molecule has 1 atom stereocenters. The van der Waals surface area contributed by atoms with Gasteiger partial charge in [-0.2, -0.15) is 0 Å². The van der Waals surface area contributed by atoms with Gasteiger partial charge < -0.3 is 25.2 Å². The highest BCUT2D eigenvalue weighted by Gasteiger charge is 2.14. The number of benzene rings is 1. The fraction of sp³-hybridized carbons (Fsp3) is 0.650. The SMILES string of the molecule is CCNC(=NCC(O)c1ccc(C(C)(C)C)cc1)NCCOCCOC. The fourth-order valence-corrected chi connectivity index (χ4v) is 2.32. The summed E-state index contributed by atoms with van der Waals surface area (Å²) in [5.41, 5.74) is 2.23. The molecule has 1 aromatic rings. The quantitative estimate of drug-likeness (QED) is 0.337. The summed E-state index contributed by atoms with van der Waals surface area (Å²) in [5, 5.41) is 16.8. The zero-order chi connectivity index (χ0) is 19.4. The van der Waals surface area contributed by atoms with Crippen LogP contribution in [0.4, 0.5) is 0 Å². The van der Waals surface area contributed by atoms with Gasteiger partial charge in [0.1, 0.15) is 0 Å². The van der Waals surface area contributed by atoms with E-state index >= 15 is 0 Å². The van der Waals surface area contributed by atoms with Crippen LogP contribution < -0.4 is 10.6 Å². The standard InChI is InChI=1S/C20H35N3O3/c1-6-21-19(22-11-12-26-14-13-25-5)23-15-18(24)16-7-9-17(10-8-16)20(2,3)4/h7-10,18,24H,6,11-15H2,1-5H3,(H2,21,22,23). The van der Waals surface area contributed by atoms with Gasteiger partial charge in [-0.25, -0.2) is 0 Å². The second kappa shape index (κ2) is 11.9. The zero-order valence-corrected chi connectivity index (χ0v) is 16.8. The van der Waals surface area contributed by atoms with Crippen molar-refractivity contribution in [3.63, 3.8) is 0 Å². The van der Waals surface area contributed by atoms with Crippen molar-refractivity contribution in [3.05, 3.63) is 35.4 Å². The lowest BCUT2D eigenvalue weighted by Gasteiger charge is -2.20. The van der Waals surface area contributed by atoms with Crippen molar-refractivity contribution >= 4 is 5.96 Å². The third kappa shape index (κ3) is 8.65. The van der Waals surface area contributed by atoms with Gasteiger partial charge in [0.25, 0.3) is 0 Å². The molecule has 26 heavy (non-hydrogen) atoms. The van der Waals surface area contributed by atoms with Crippen LogP contribution in [0.3, 0.4) is 0 Å². The van der Waals surface area contributed by atoms with Crippen molar-refractivity contribution in [3.8, 4) is 0 Å². The highest BCUT2D eigenvalue weighted by atomic mass is 16.5. The van der Waals surface area contributed by atoms with Gasteiger partial charge >= 0.3 is 0 Å². The monoisotopic (exact) mass is 365 g/mol. The van der Waals surface area contributed by atoms with Crippen LogP contribution in [0.25, 0.3) is 0 Å². The number of guanidine groups is 1. The fourth-order valence-electron chi connectivity index (χ4n) is 2.32. The molecule has 6 nitrogen and oxygen atoms in total. The Hall–Kier alpha value is -1.63. The molecule has 148 valence electrons. The summed E-state index contributed by atoms with van der Waals surface area (Å²) in [6.45, 7) is 12.0. The normalized spacial score (nSPS) is 13.5. The molecule has 0 aliphatic carbocycles. The van der Waals surface area contributed by atoms with Crippen molar-refractivity contribution in [1.82, 2.24) is 10.6 Å². The van der Waals surface area contributed by atoms with Crippen LogP contribution in [-0.2, 0) is 14.9 Å². The van der Waals surface area contributed by atoms with E-state index in [0.717, 1.165) is 12.1 Å².